The highest BCUT2D eigenvalue weighted by molar-refractivity contribution is 9.08. The van der Waals surface area contributed by atoms with E-state index in [0.717, 1.165) is 27.4 Å². The summed E-state index contributed by atoms with van der Waals surface area (Å²) < 4.78 is 2.03. The fraction of sp³-hybridized carbons (Fsp3) is 0.222. The maximum Gasteiger partial charge on any atom is 0.138 e. The minimum atomic E-state index is 0.721. The largest absolute Gasteiger partial charge is 0.304 e. The molecule has 0 atom stereocenters. The van der Waals surface area contributed by atoms with Crippen LogP contribution in [-0.2, 0) is 5.33 Å². The number of pyridine rings is 1. The number of fused-ring (bicyclic) bond motifs is 1. The third kappa shape index (κ3) is 1.46. The van der Waals surface area contributed by atoms with Crippen molar-refractivity contribution in [3.8, 4) is 0 Å². The molecule has 0 spiro atoms. The van der Waals surface area contributed by atoms with Crippen molar-refractivity contribution in [2.24, 2.45) is 0 Å². The summed E-state index contributed by atoms with van der Waals surface area (Å²) in [5, 5.41) is 1.50. The maximum absolute atomic E-state index is 5.86. The fourth-order valence-electron chi connectivity index (χ4n) is 1.32. The third-order valence-corrected chi connectivity index (χ3v) is 2.82. The van der Waals surface area contributed by atoms with Crippen molar-refractivity contribution in [2.75, 3.05) is 0 Å². The Bertz CT molecular complexity index is 450. The van der Waals surface area contributed by atoms with Gasteiger partial charge in [-0.2, -0.15) is 0 Å². The zero-order valence-electron chi connectivity index (χ0n) is 7.09. The molecule has 4 heteroatoms. The van der Waals surface area contributed by atoms with Crippen LogP contribution in [0.2, 0.25) is 5.02 Å². The van der Waals surface area contributed by atoms with Gasteiger partial charge in [-0.15, -0.1) is 0 Å². The predicted molar refractivity (Wildman–Crippen MR) is 57.6 cm³/mol. The van der Waals surface area contributed by atoms with Crippen LogP contribution in [0.1, 0.15) is 11.4 Å². The lowest BCUT2D eigenvalue weighted by Crippen LogP contribution is -1.86. The van der Waals surface area contributed by atoms with E-state index in [1.165, 1.54) is 0 Å². The van der Waals surface area contributed by atoms with Gasteiger partial charge in [-0.3, -0.25) is 0 Å². The van der Waals surface area contributed by atoms with Gasteiger partial charge in [0.15, 0.2) is 0 Å². The molecular formula is C9H8BrClN2. The normalized spacial score (nSPS) is 11.0. The highest BCUT2D eigenvalue weighted by Gasteiger charge is 2.06. The van der Waals surface area contributed by atoms with Crippen LogP contribution in [0.5, 0.6) is 0 Å². The number of rotatable bonds is 1. The minimum absolute atomic E-state index is 0.721. The Morgan fingerprint density at radius 1 is 1.62 bits per heavy atom. The Morgan fingerprint density at radius 2 is 2.38 bits per heavy atom. The summed E-state index contributed by atoms with van der Waals surface area (Å²) in [6, 6.07) is 3.72. The van der Waals surface area contributed by atoms with E-state index in [2.05, 4.69) is 20.9 Å². The summed E-state index contributed by atoms with van der Waals surface area (Å²) in [5.74, 6) is 0. The van der Waals surface area contributed by atoms with Gasteiger partial charge in [0.2, 0.25) is 0 Å². The molecule has 0 fully saturated rings. The molecule has 0 unspecified atom stereocenters. The van der Waals surface area contributed by atoms with Gasteiger partial charge in [0.1, 0.15) is 5.65 Å². The van der Waals surface area contributed by atoms with Gasteiger partial charge in [-0.1, -0.05) is 27.5 Å². The summed E-state index contributed by atoms with van der Waals surface area (Å²) in [6.45, 7) is 2.05. The Labute approximate surface area is 89.7 Å². The standard InChI is InChI=1S/C9H8BrClN2/c1-6-8(5-10)12-9-4-7(11)2-3-13(6)9/h2-4H,5H2,1H3. The molecule has 2 aromatic heterocycles. The van der Waals surface area contributed by atoms with Crippen LogP contribution >= 0.6 is 27.5 Å². The Hall–Kier alpha value is -0.540. The summed E-state index contributed by atoms with van der Waals surface area (Å²) >= 11 is 9.25. The summed E-state index contributed by atoms with van der Waals surface area (Å²) in [5.41, 5.74) is 3.12. The number of aryl methyl sites for hydroxylation is 1. The van der Waals surface area contributed by atoms with Crippen molar-refractivity contribution < 1.29 is 0 Å². The first-order chi connectivity index (χ1) is 6.22. The van der Waals surface area contributed by atoms with Crippen molar-refractivity contribution in [1.82, 2.24) is 9.38 Å². The molecule has 0 aliphatic heterocycles. The molecule has 0 saturated heterocycles. The van der Waals surface area contributed by atoms with E-state index in [1.807, 2.05) is 29.7 Å². The minimum Gasteiger partial charge on any atom is -0.304 e. The Kier molecular flexibility index (Phi) is 2.30. The van der Waals surface area contributed by atoms with Crippen molar-refractivity contribution in [3.05, 3.63) is 34.7 Å². The topological polar surface area (TPSA) is 17.3 Å². The highest BCUT2D eigenvalue weighted by atomic mass is 79.9. The molecular weight excluding hydrogens is 251 g/mol. The van der Waals surface area contributed by atoms with E-state index in [-0.39, 0.29) is 0 Å². The zero-order chi connectivity index (χ0) is 9.42. The maximum atomic E-state index is 5.86. The summed E-state index contributed by atoms with van der Waals surface area (Å²) in [6.07, 6.45) is 1.94. The second-order valence-electron chi connectivity index (χ2n) is 2.85. The van der Waals surface area contributed by atoms with E-state index in [0.29, 0.717) is 0 Å². The molecule has 0 aromatic carbocycles. The van der Waals surface area contributed by atoms with Crippen molar-refractivity contribution >= 4 is 33.2 Å². The van der Waals surface area contributed by atoms with Gasteiger partial charge in [0.05, 0.1) is 5.69 Å². The molecule has 0 saturated carbocycles. The van der Waals surface area contributed by atoms with E-state index in [4.69, 9.17) is 11.6 Å². The molecule has 2 nitrogen and oxygen atoms in total. The molecule has 2 heterocycles. The van der Waals surface area contributed by atoms with Gasteiger partial charge in [-0.05, 0) is 13.0 Å². The van der Waals surface area contributed by atoms with Crippen LogP contribution in [-0.4, -0.2) is 9.38 Å². The molecule has 2 aromatic rings. The molecule has 0 bridgehead atoms. The average Bonchev–Trinajstić information content (AvgIpc) is 2.42. The van der Waals surface area contributed by atoms with Crippen LogP contribution in [0, 0.1) is 6.92 Å². The number of halogens is 2. The van der Waals surface area contributed by atoms with E-state index in [1.54, 1.807) is 0 Å². The lowest BCUT2D eigenvalue weighted by Gasteiger charge is -1.95. The Morgan fingerprint density at radius 3 is 3.08 bits per heavy atom. The number of hydrogen-bond donors (Lipinski definition) is 0. The molecule has 0 amide bonds. The van der Waals surface area contributed by atoms with Crippen LogP contribution in [0.3, 0.4) is 0 Å². The van der Waals surface area contributed by atoms with Gasteiger partial charge in [0, 0.05) is 28.3 Å². The second kappa shape index (κ2) is 3.31. The highest BCUT2D eigenvalue weighted by Crippen LogP contribution is 2.17. The molecule has 68 valence electrons. The predicted octanol–water partition coefficient (Wildman–Crippen LogP) is 3.19. The second-order valence-corrected chi connectivity index (χ2v) is 3.85. The first kappa shape index (κ1) is 9.03. The van der Waals surface area contributed by atoms with Gasteiger partial charge < -0.3 is 4.40 Å². The average molecular weight is 260 g/mol. The Balaban J connectivity index is 2.76. The lowest BCUT2D eigenvalue weighted by atomic mass is 10.4. The van der Waals surface area contributed by atoms with Crippen LogP contribution in [0.4, 0.5) is 0 Å². The molecule has 0 N–H and O–H groups in total. The third-order valence-electron chi connectivity index (χ3n) is 2.05. The smallest absolute Gasteiger partial charge is 0.138 e. The molecule has 13 heavy (non-hydrogen) atoms. The van der Waals surface area contributed by atoms with Crippen LogP contribution < -0.4 is 0 Å². The van der Waals surface area contributed by atoms with Gasteiger partial charge >= 0.3 is 0 Å². The molecule has 0 radical (unpaired) electrons. The van der Waals surface area contributed by atoms with Gasteiger partial charge in [0.25, 0.3) is 0 Å². The van der Waals surface area contributed by atoms with Crippen molar-refractivity contribution in [3.63, 3.8) is 0 Å². The number of alkyl halides is 1. The number of nitrogens with zero attached hydrogens (tertiary/aromatic N) is 2. The molecule has 0 aliphatic carbocycles. The van der Waals surface area contributed by atoms with E-state index >= 15 is 0 Å². The van der Waals surface area contributed by atoms with Crippen molar-refractivity contribution in [2.45, 2.75) is 12.3 Å². The zero-order valence-corrected chi connectivity index (χ0v) is 9.43. The van der Waals surface area contributed by atoms with Crippen LogP contribution in [0.15, 0.2) is 18.3 Å². The number of hydrogen-bond acceptors (Lipinski definition) is 1. The first-order valence-corrected chi connectivity index (χ1v) is 5.41. The van der Waals surface area contributed by atoms with E-state index < -0.39 is 0 Å². The SMILES string of the molecule is Cc1c(CBr)nc2cc(Cl)ccn12. The summed E-state index contributed by atoms with van der Waals surface area (Å²) in [4.78, 5) is 4.42. The number of aromatic nitrogens is 2. The lowest BCUT2D eigenvalue weighted by molar-refractivity contribution is 1.09. The van der Waals surface area contributed by atoms with Crippen molar-refractivity contribution in [1.29, 1.82) is 0 Å². The summed E-state index contributed by atoms with van der Waals surface area (Å²) in [7, 11) is 0. The molecule has 0 aliphatic rings. The molecule has 2 rings (SSSR count). The number of imidazole rings is 1. The van der Waals surface area contributed by atoms with Gasteiger partial charge in [-0.25, -0.2) is 4.98 Å². The fourth-order valence-corrected chi connectivity index (χ4v) is 2.00. The monoisotopic (exact) mass is 258 g/mol. The van der Waals surface area contributed by atoms with E-state index in [9.17, 15) is 0 Å². The quantitative estimate of drug-likeness (QED) is 0.719. The van der Waals surface area contributed by atoms with Crippen LogP contribution in [0.25, 0.3) is 5.65 Å². The first-order valence-electron chi connectivity index (χ1n) is 3.91.